The number of halogens is 1. The highest BCUT2D eigenvalue weighted by molar-refractivity contribution is 7.81. The van der Waals surface area contributed by atoms with Crippen LogP contribution in [0.1, 0.15) is 5.76 Å². The molecule has 2 rings (SSSR count). The lowest BCUT2D eigenvalue weighted by Crippen LogP contribution is -2.21. The maximum Gasteiger partial charge on any atom is 0.351 e. The Kier molecular flexibility index (Phi) is 5.49. The first-order valence-electron chi connectivity index (χ1n) is 6.16. The van der Waals surface area contributed by atoms with Crippen molar-refractivity contribution in [1.82, 2.24) is 0 Å². The number of nitrogens with one attached hydrogen (secondary N) is 2. The van der Waals surface area contributed by atoms with Gasteiger partial charge in [-0.15, -0.1) is 0 Å². The maximum atomic E-state index is 11.9. The number of hydrogen-bond acceptors (Lipinski definition) is 5. The summed E-state index contributed by atoms with van der Waals surface area (Å²) in [6.45, 7) is -0.0411. The van der Waals surface area contributed by atoms with E-state index in [-0.39, 0.29) is 17.2 Å². The van der Waals surface area contributed by atoms with Crippen LogP contribution in [0.4, 0.5) is 5.69 Å². The van der Waals surface area contributed by atoms with Gasteiger partial charge in [-0.1, -0.05) is 23.8 Å². The Hall–Kier alpha value is -2.40. The lowest BCUT2D eigenvalue weighted by atomic mass is 10.2. The van der Waals surface area contributed by atoms with Crippen molar-refractivity contribution in [2.24, 2.45) is 0 Å². The van der Waals surface area contributed by atoms with Gasteiger partial charge in [0, 0.05) is 10.7 Å². The normalized spacial score (nSPS) is 9.68. The van der Waals surface area contributed by atoms with Gasteiger partial charge in [0.2, 0.25) is 0 Å². The predicted octanol–water partition coefficient (Wildman–Crippen LogP) is 3.59. The molecule has 0 bridgehead atoms. The Bertz CT molecular complexity index is 720. The number of rotatable bonds is 5. The van der Waals surface area contributed by atoms with Gasteiger partial charge in [-0.3, -0.25) is 5.41 Å². The van der Waals surface area contributed by atoms with Crippen LogP contribution in [0.25, 0.3) is 0 Å². The molecule has 0 aliphatic heterocycles. The number of carbonyl (C=O) groups is 1. The third kappa shape index (κ3) is 4.30. The molecule has 0 saturated carbocycles. The molecule has 0 amide bonds. The van der Waals surface area contributed by atoms with Crippen LogP contribution in [-0.4, -0.2) is 16.8 Å². The first-order valence-corrected chi connectivity index (χ1v) is 6.95. The van der Waals surface area contributed by atoms with Crippen LogP contribution in [0.5, 0.6) is 0 Å². The van der Waals surface area contributed by atoms with E-state index in [2.05, 4.69) is 5.32 Å². The highest BCUT2D eigenvalue weighted by Crippen LogP contribution is 2.15. The Balaban J connectivity index is 1.98. The Morgan fingerprint density at radius 2 is 2.09 bits per heavy atom. The first-order chi connectivity index (χ1) is 10.6. The molecule has 0 aliphatic rings. The molecule has 0 saturated heterocycles. The second-order valence-electron chi connectivity index (χ2n) is 4.12. The number of carbonyl (C=O) groups excluding carboxylic acids is 1. The van der Waals surface area contributed by atoms with Gasteiger partial charge in [0.1, 0.15) is 17.4 Å². The second-order valence-corrected chi connectivity index (χ2v) is 4.96. The largest absolute Gasteiger partial charge is 0.466 e. The summed E-state index contributed by atoms with van der Waals surface area (Å²) in [6, 6.07) is 10.1. The fourth-order valence-corrected chi connectivity index (χ4v) is 1.91. The molecule has 0 unspecified atom stereocenters. The third-order valence-electron chi connectivity index (χ3n) is 2.58. The van der Waals surface area contributed by atoms with E-state index in [0.717, 1.165) is 0 Å². The number of benzene rings is 1. The molecule has 0 spiro atoms. The van der Waals surface area contributed by atoms with Gasteiger partial charge in [-0.05, 0) is 42.3 Å². The zero-order valence-electron chi connectivity index (χ0n) is 11.3. The van der Waals surface area contributed by atoms with E-state index in [1.54, 1.807) is 36.4 Å². The van der Waals surface area contributed by atoms with E-state index in [1.165, 1.54) is 6.26 Å². The molecule has 22 heavy (non-hydrogen) atoms. The highest BCUT2D eigenvalue weighted by Gasteiger charge is 2.17. The smallest absolute Gasteiger partial charge is 0.351 e. The Labute approximate surface area is 137 Å². The van der Waals surface area contributed by atoms with Gasteiger partial charge < -0.3 is 14.5 Å². The molecule has 0 radical (unpaired) electrons. The standard InChI is InChI=1S/C15H11ClN2O3S/c16-10-3-5-11(6-4-10)18-14(22)13(8-17)15(19)21-9-12-2-1-7-20-12/h1-7,17H,9H2,(H,18,22). The Morgan fingerprint density at radius 1 is 1.36 bits per heavy atom. The third-order valence-corrected chi connectivity index (χ3v) is 3.14. The van der Waals surface area contributed by atoms with E-state index in [0.29, 0.717) is 16.5 Å². The van der Waals surface area contributed by atoms with E-state index in [9.17, 15) is 4.79 Å². The van der Waals surface area contributed by atoms with E-state index >= 15 is 0 Å². The van der Waals surface area contributed by atoms with E-state index in [4.69, 9.17) is 38.4 Å². The molecular formula is C15H11ClN2O3S. The lowest BCUT2D eigenvalue weighted by Gasteiger charge is -2.09. The molecule has 0 atom stereocenters. The number of furan rings is 1. The van der Waals surface area contributed by atoms with Crippen molar-refractivity contribution in [2.45, 2.75) is 6.61 Å². The summed E-state index contributed by atoms with van der Waals surface area (Å²) in [4.78, 5) is 12.0. The average Bonchev–Trinajstić information content (AvgIpc) is 3.01. The minimum absolute atomic E-state index is 0.0411. The van der Waals surface area contributed by atoms with Crippen molar-refractivity contribution >= 4 is 46.3 Å². The molecule has 1 heterocycles. The number of anilines is 1. The van der Waals surface area contributed by atoms with Crippen molar-refractivity contribution in [2.75, 3.05) is 5.32 Å². The van der Waals surface area contributed by atoms with Gasteiger partial charge in [0.15, 0.2) is 5.57 Å². The van der Waals surface area contributed by atoms with Gasteiger partial charge in [-0.2, -0.15) is 0 Å². The fraction of sp³-hybridized carbons (Fsp3) is 0.0667. The molecule has 0 fully saturated rings. The molecule has 1 aromatic carbocycles. The average molecular weight is 335 g/mol. The monoisotopic (exact) mass is 334 g/mol. The summed E-state index contributed by atoms with van der Waals surface area (Å²) in [5, 5.41) is 10.6. The van der Waals surface area contributed by atoms with Crippen LogP contribution >= 0.6 is 23.8 Å². The van der Waals surface area contributed by atoms with Crippen LogP contribution < -0.4 is 5.32 Å². The predicted molar refractivity (Wildman–Crippen MR) is 87.4 cm³/mol. The topological polar surface area (TPSA) is 75.3 Å². The van der Waals surface area contributed by atoms with Crippen molar-refractivity contribution < 1.29 is 13.9 Å². The molecular weight excluding hydrogens is 324 g/mol. The first kappa shape index (κ1) is 16.0. The van der Waals surface area contributed by atoms with Crippen molar-refractivity contribution in [1.29, 1.82) is 5.41 Å². The summed E-state index contributed by atoms with van der Waals surface area (Å²) in [5.74, 6) is 1.74. The fourth-order valence-electron chi connectivity index (χ4n) is 1.53. The van der Waals surface area contributed by atoms with Gasteiger partial charge >= 0.3 is 5.97 Å². The van der Waals surface area contributed by atoms with Crippen molar-refractivity contribution in [3.8, 4) is 0 Å². The zero-order chi connectivity index (χ0) is 15.9. The molecule has 2 aromatic rings. The summed E-state index contributed by atoms with van der Waals surface area (Å²) in [7, 11) is 0. The Morgan fingerprint density at radius 3 is 2.68 bits per heavy atom. The second kappa shape index (κ2) is 7.56. The highest BCUT2D eigenvalue weighted by atomic mass is 35.5. The van der Waals surface area contributed by atoms with Crippen LogP contribution in [0, 0.1) is 5.41 Å². The lowest BCUT2D eigenvalue weighted by molar-refractivity contribution is -0.140. The summed E-state index contributed by atoms with van der Waals surface area (Å²) in [6.07, 6.45) is 1.48. The number of ether oxygens (including phenoxy) is 1. The zero-order valence-corrected chi connectivity index (χ0v) is 12.8. The summed E-state index contributed by atoms with van der Waals surface area (Å²) < 4.78 is 10.1. The van der Waals surface area contributed by atoms with Gasteiger partial charge in [0.05, 0.1) is 6.26 Å². The molecule has 5 nitrogen and oxygen atoms in total. The van der Waals surface area contributed by atoms with E-state index < -0.39 is 5.97 Å². The van der Waals surface area contributed by atoms with Crippen LogP contribution in [0.2, 0.25) is 5.02 Å². The van der Waals surface area contributed by atoms with Gasteiger partial charge in [-0.25, -0.2) is 4.79 Å². The molecule has 7 heteroatoms. The van der Waals surface area contributed by atoms with Crippen LogP contribution in [0.15, 0.2) is 52.7 Å². The number of hydrogen-bond donors (Lipinski definition) is 2. The molecule has 0 aliphatic carbocycles. The molecule has 2 N–H and O–H groups in total. The molecule has 112 valence electrons. The van der Waals surface area contributed by atoms with Gasteiger partial charge in [0.25, 0.3) is 0 Å². The summed E-state index contributed by atoms with van der Waals surface area (Å²) >= 11 is 10.9. The van der Waals surface area contributed by atoms with Crippen molar-refractivity contribution in [3.05, 3.63) is 59.0 Å². The van der Waals surface area contributed by atoms with Crippen LogP contribution in [0.3, 0.4) is 0 Å². The number of esters is 1. The SMILES string of the molecule is N=C=C(C(=O)OCc1ccco1)C(=S)Nc1ccc(Cl)cc1. The summed E-state index contributed by atoms with van der Waals surface area (Å²) in [5.41, 5.74) is 0.470. The quantitative estimate of drug-likeness (QED) is 0.378. The molecule has 1 aromatic heterocycles. The minimum Gasteiger partial charge on any atom is -0.466 e. The van der Waals surface area contributed by atoms with Crippen LogP contribution in [-0.2, 0) is 16.1 Å². The minimum atomic E-state index is -0.752. The van der Waals surface area contributed by atoms with E-state index in [1.807, 2.05) is 5.87 Å². The maximum absolute atomic E-state index is 11.9. The number of thiocarbonyl (C=S) groups is 1. The van der Waals surface area contributed by atoms with Crippen molar-refractivity contribution in [3.63, 3.8) is 0 Å².